The Hall–Kier alpha value is -2.43. The molecule has 31 heavy (non-hydrogen) atoms. The molecule has 3 unspecified atom stereocenters. The van der Waals surface area contributed by atoms with E-state index in [1.807, 2.05) is 0 Å². The lowest BCUT2D eigenvalue weighted by atomic mass is 9.91. The third-order valence-electron chi connectivity index (χ3n) is 6.48. The Kier molecular flexibility index (Phi) is 5.03. The molecule has 0 saturated heterocycles. The zero-order chi connectivity index (χ0) is 21.8. The van der Waals surface area contributed by atoms with Gasteiger partial charge >= 0.3 is 6.03 Å². The summed E-state index contributed by atoms with van der Waals surface area (Å²) in [5, 5.41) is 23.3. The highest BCUT2D eigenvalue weighted by Gasteiger charge is 2.33. The zero-order valence-corrected chi connectivity index (χ0v) is 18.3. The maximum Gasteiger partial charge on any atom is 0.354 e. The van der Waals surface area contributed by atoms with Gasteiger partial charge in [0.2, 0.25) is 5.88 Å². The molecule has 0 radical (unpaired) electrons. The number of nitrogens with zero attached hydrogens (tertiary/aromatic N) is 3. The molecule has 3 atom stereocenters. The van der Waals surface area contributed by atoms with Gasteiger partial charge in [-0.1, -0.05) is 6.07 Å². The smallest absolute Gasteiger partial charge is 0.354 e. The number of aliphatic hydroxyl groups is 1. The quantitative estimate of drug-likeness (QED) is 0.668. The molecule has 1 aromatic heterocycles. The summed E-state index contributed by atoms with van der Waals surface area (Å²) in [5.41, 5.74) is 5.17. The van der Waals surface area contributed by atoms with Crippen molar-refractivity contribution in [2.75, 3.05) is 11.9 Å². The lowest BCUT2D eigenvalue weighted by molar-refractivity contribution is 0.162. The van der Waals surface area contributed by atoms with E-state index in [0.717, 1.165) is 55.2 Å². The highest BCUT2D eigenvalue weighted by atomic mass is 32.2. The largest absolute Gasteiger partial charge is 0.477 e. The van der Waals surface area contributed by atoms with Crippen LogP contribution in [0.3, 0.4) is 0 Å². The molecule has 5 rings (SSSR count). The van der Waals surface area contributed by atoms with Crippen LogP contribution in [-0.2, 0) is 35.7 Å². The number of urea groups is 1. The highest BCUT2D eigenvalue weighted by molar-refractivity contribution is 7.91. The molecule has 166 valence electrons. The number of ether oxygens (including phenoxy) is 1. The van der Waals surface area contributed by atoms with Gasteiger partial charge in [-0.15, -0.1) is 4.36 Å². The summed E-state index contributed by atoms with van der Waals surface area (Å²) in [6.45, 7) is 2.89. The Labute approximate surface area is 181 Å². The van der Waals surface area contributed by atoms with Crippen LogP contribution < -0.4 is 15.2 Å². The normalized spacial score (nSPS) is 22.0. The molecule has 1 aromatic carbocycles. The number of aryl methyl sites for hydroxylation is 3. The minimum atomic E-state index is -3.53. The molecular formula is C21H27N5O4S. The van der Waals surface area contributed by atoms with Crippen LogP contribution in [0.2, 0.25) is 0 Å². The fourth-order valence-corrected chi connectivity index (χ4v) is 6.08. The minimum Gasteiger partial charge on any atom is -0.477 e. The van der Waals surface area contributed by atoms with Crippen molar-refractivity contribution in [3.8, 4) is 5.88 Å². The number of aliphatic hydroxyl groups excluding tert-OH is 1. The number of hydrogen-bond acceptors (Lipinski definition) is 5. The molecule has 1 aliphatic heterocycles. The molecule has 0 fully saturated rings. The lowest BCUT2D eigenvalue weighted by Crippen LogP contribution is -2.22. The van der Waals surface area contributed by atoms with Gasteiger partial charge in [-0.2, -0.15) is 5.10 Å². The average Bonchev–Trinajstić information content (AvgIpc) is 3.44. The SMILES string of the molecule is CC(O)C1CCc2cc3c(c(NC(=O)N=S(N)(=O)c4cnn5c4OCCC5)c21)CCC3. The number of amides is 2. The second-order valence-corrected chi connectivity index (χ2v) is 10.3. The van der Waals surface area contributed by atoms with Gasteiger partial charge in [0.05, 0.1) is 18.9 Å². The van der Waals surface area contributed by atoms with E-state index in [1.165, 1.54) is 11.8 Å². The maximum atomic E-state index is 13.1. The van der Waals surface area contributed by atoms with E-state index in [2.05, 4.69) is 20.8 Å². The van der Waals surface area contributed by atoms with E-state index in [9.17, 15) is 14.1 Å². The number of rotatable bonds is 3. The molecule has 0 bridgehead atoms. The summed E-state index contributed by atoms with van der Waals surface area (Å²) in [7, 11) is -3.53. The molecule has 10 heteroatoms. The van der Waals surface area contributed by atoms with Gasteiger partial charge in [-0.05, 0) is 61.3 Å². The van der Waals surface area contributed by atoms with E-state index >= 15 is 0 Å². The number of fused-ring (bicyclic) bond motifs is 3. The van der Waals surface area contributed by atoms with E-state index in [0.29, 0.717) is 24.7 Å². The van der Waals surface area contributed by atoms with Gasteiger partial charge in [0.25, 0.3) is 0 Å². The first-order valence-corrected chi connectivity index (χ1v) is 12.3. The Balaban J connectivity index is 1.52. The number of carbonyl (C=O) groups is 1. The fraction of sp³-hybridized carbons (Fsp3) is 0.524. The molecule has 9 nitrogen and oxygen atoms in total. The molecule has 0 saturated carbocycles. The van der Waals surface area contributed by atoms with Gasteiger partial charge in [0, 0.05) is 24.6 Å². The standard InChI is InChI=1S/C21H27N5O4S/c1-12(27)15-7-6-14-10-13-4-2-5-16(13)19(18(14)15)24-21(28)25-31(22,29)17-11-23-26-8-3-9-30-20(17)26/h10-12,15,27H,2-9H2,1H3,(H3,22,24,25,28,29). The lowest BCUT2D eigenvalue weighted by Gasteiger charge is -2.21. The molecule has 4 N–H and O–H groups in total. The number of benzene rings is 1. The predicted octanol–water partition coefficient (Wildman–Crippen LogP) is 2.50. The van der Waals surface area contributed by atoms with Crippen molar-refractivity contribution >= 4 is 21.6 Å². The van der Waals surface area contributed by atoms with Gasteiger partial charge in [0.1, 0.15) is 4.90 Å². The van der Waals surface area contributed by atoms with Crippen molar-refractivity contribution in [3.05, 3.63) is 34.5 Å². The van der Waals surface area contributed by atoms with Gasteiger partial charge < -0.3 is 15.2 Å². The second kappa shape index (κ2) is 7.61. The minimum absolute atomic E-state index is 0.0467. The Morgan fingerprint density at radius 2 is 2.23 bits per heavy atom. The monoisotopic (exact) mass is 445 g/mol. The van der Waals surface area contributed by atoms with Crippen LogP contribution >= 0.6 is 0 Å². The Bertz CT molecular complexity index is 1180. The number of aromatic nitrogens is 2. The van der Waals surface area contributed by atoms with Gasteiger partial charge in [-0.3, -0.25) is 0 Å². The summed E-state index contributed by atoms with van der Waals surface area (Å²) in [6.07, 6.45) is 6.18. The zero-order valence-electron chi connectivity index (χ0n) is 17.5. The first-order valence-electron chi connectivity index (χ1n) is 10.8. The number of hydrogen-bond donors (Lipinski definition) is 3. The van der Waals surface area contributed by atoms with Crippen LogP contribution in [0, 0.1) is 0 Å². The molecule has 2 aromatic rings. The highest BCUT2D eigenvalue weighted by Crippen LogP contribution is 2.45. The summed E-state index contributed by atoms with van der Waals surface area (Å²) >= 11 is 0. The van der Waals surface area contributed by atoms with Crippen LogP contribution in [0.15, 0.2) is 21.5 Å². The summed E-state index contributed by atoms with van der Waals surface area (Å²) < 4.78 is 24.1. The van der Waals surface area contributed by atoms with Crippen molar-refractivity contribution in [3.63, 3.8) is 0 Å². The second-order valence-electron chi connectivity index (χ2n) is 8.53. The number of carbonyl (C=O) groups excluding carboxylic acids is 1. The van der Waals surface area contributed by atoms with Gasteiger partial charge in [-0.25, -0.2) is 18.8 Å². The van der Waals surface area contributed by atoms with Crippen molar-refractivity contribution in [1.29, 1.82) is 0 Å². The Morgan fingerprint density at radius 3 is 3.03 bits per heavy atom. The summed E-state index contributed by atoms with van der Waals surface area (Å²) in [5.74, 6) is 0.264. The molecule has 2 heterocycles. The Morgan fingerprint density at radius 1 is 1.39 bits per heavy atom. The van der Waals surface area contributed by atoms with Crippen LogP contribution in [-0.4, -0.2) is 37.8 Å². The van der Waals surface area contributed by atoms with Crippen LogP contribution in [0.1, 0.15) is 54.4 Å². The van der Waals surface area contributed by atoms with E-state index < -0.39 is 22.1 Å². The first-order chi connectivity index (χ1) is 14.8. The van der Waals surface area contributed by atoms with Crippen LogP contribution in [0.5, 0.6) is 5.88 Å². The molecule has 0 spiro atoms. The topological polar surface area (TPSA) is 132 Å². The third-order valence-corrected chi connectivity index (χ3v) is 7.83. The number of anilines is 1. The number of nitrogens with one attached hydrogen (secondary N) is 1. The van der Waals surface area contributed by atoms with Crippen molar-refractivity contribution < 1.29 is 18.8 Å². The molecular weight excluding hydrogens is 418 g/mol. The summed E-state index contributed by atoms with van der Waals surface area (Å²) in [4.78, 5) is 13.0. The number of nitrogens with two attached hydrogens (primary N) is 1. The molecule has 3 aliphatic rings. The fourth-order valence-electron chi connectivity index (χ4n) is 5.08. The van der Waals surface area contributed by atoms with E-state index in [4.69, 9.17) is 9.88 Å². The van der Waals surface area contributed by atoms with E-state index in [-0.39, 0.29) is 10.8 Å². The first kappa shape index (κ1) is 20.5. The summed E-state index contributed by atoms with van der Waals surface area (Å²) in [6, 6.07) is 1.46. The molecule has 2 aliphatic carbocycles. The predicted molar refractivity (Wildman–Crippen MR) is 116 cm³/mol. The van der Waals surface area contributed by atoms with Crippen molar-refractivity contribution in [1.82, 2.24) is 9.78 Å². The van der Waals surface area contributed by atoms with Crippen LogP contribution in [0.4, 0.5) is 10.5 Å². The molecule has 2 amide bonds. The van der Waals surface area contributed by atoms with Gasteiger partial charge in [0.15, 0.2) is 9.92 Å². The van der Waals surface area contributed by atoms with Crippen molar-refractivity contribution in [2.24, 2.45) is 9.50 Å². The van der Waals surface area contributed by atoms with E-state index in [1.54, 1.807) is 11.6 Å². The van der Waals surface area contributed by atoms with Crippen molar-refractivity contribution in [2.45, 2.75) is 68.9 Å². The average molecular weight is 446 g/mol. The maximum absolute atomic E-state index is 13.1. The third kappa shape index (κ3) is 3.52. The van der Waals surface area contributed by atoms with Crippen LogP contribution in [0.25, 0.3) is 0 Å².